The molecule has 4 rings (SSSR count). The van der Waals surface area contributed by atoms with Crippen molar-refractivity contribution < 1.29 is 10.4 Å². The van der Waals surface area contributed by atoms with Gasteiger partial charge in [0.05, 0.1) is 22.1 Å². The molecule has 0 bridgehead atoms. The number of halogens is 1. The van der Waals surface area contributed by atoms with E-state index in [-0.39, 0.29) is 18.1 Å². The number of benzene rings is 2. The fourth-order valence-corrected chi connectivity index (χ4v) is 3.17. The molecule has 0 aliphatic heterocycles. The van der Waals surface area contributed by atoms with Gasteiger partial charge in [0.15, 0.2) is 5.69 Å². The quantitative estimate of drug-likeness (QED) is 0.364. The van der Waals surface area contributed by atoms with Crippen molar-refractivity contribution in [3.8, 4) is 0 Å². The van der Waals surface area contributed by atoms with Gasteiger partial charge in [-0.3, -0.25) is 4.98 Å². The largest absolute Gasteiger partial charge is 0.595 e. The zero-order valence-corrected chi connectivity index (χ0v) is 15.2. The van der Waals surface area contributed by atoms with Gasteiger partial charge in [-0.1, -0.05) is 30.3 Å². The van der Waals surface area contributed by atoms with Gasteiger partial charge in [-0.05, 0) is 24.3 Å². The molecule has 0 radical (unpaired) electrons. The maximum atomic E-state index is 11.7. The van der Waals surface area contributed by atoms with Crippen LogP contribution in [0.1, 0.15) is 5.69 Å². The molecule has 0 saturated carbocycles. The number of fused-ring (bicyclic) bond motifs is 2. The van der Waals surface area contributed by atoms with Crippen LogP contribution < -0.4 is 10.5 Å². The van der Waals surface area contributed by atoms with Gasteiger partial charge in [0.2, 0.25) is 0 Å². The van der Waals surface area contributed by atoms with Crippen LogP contribution in [0.5, 0.6) is 0 Å². The summed E-state index contributed by atoms with van der Waals surface area (Å²) >= 11 is 0. The summed E-state index contributed by atoms with van der Waals surface area (Å²) in [6.07, 6.45) is 2.52. The average molecular weight is 383 g/mol. The highest BCUT2D eigenvalue weighted by molar-refractivity contribution is 6.11. The number of hydrogen-bond acceptors (Lipinski definition) is 5. The first kappa shape index (κ1) is 19.0. The van der Waals surface area contributed by atoms with E-state index in [1.165, 1.54) is 0 Å². The van der Waals surface area contributed by atoms with Gasteiger partial charge in [0.25, 0.3) is 0 Å². The second-order valence-corrected chi connectivity index (χ2v) is 6.01. The van der Waals surface area contributed by atoms with E-state index < -0.39 is 5.23 Å². The summed E-state index contributed by atoms with van der Waals surface area (Å²) in [6, 6.07) is 18.8. The number of nitrogens with one attached hydrogen (secondary N) is 2. The van der Waals surface area contributed by atoms with Gasteiger partial charge in [-0.25, -0.2) is 10.2 Å². The maximum Gasteiger partial charge on any atom is 0.175 e. The molecule has 0 aliphatic rings. The van der Waals surface area contributed by atoms with Gasteiger partial charge in [0.1, 0.15) is 0 Å². The second kappa shape index (κ2) is 8.28. The zero-order chi connectivity index (χ0) is 17.9. The van der Waals surface area contributed by atoms with E-state index in [0.717, 1.165) is 28.7 Å². The molecule has 7 heteroatoms. The lowest BCUT2D eigenvalue weighted by atomic mass is 10.1. The molecule has 0 amide bonds. The Balaban J connectivity index is 0.00000210. The molecular weight excluding hydrogens is 364 g/mol. The average Bonchev–Trinajstić information content (AvgIpc) is 2.67. The van der Waals surface area contributed by atoms with E-state index in [1.807, 2.05) is 48.5 Å². The number of rotatable bonds is 5. The molecule has 0 spiro atoms. The summed E-state index contributed by atoms with van der Waals surface area (Å²) in [5.41, 5.74) is 3.55. The SMILES string of the molecule is Cl.[O-][NH+](O)c1cccc2nc3ccccc3c(NCCc3ccccn3)c12. The van der Waals surface area contributed by atoms with E-state index in [4.69, 9.17) is 0 Å². The number of nitrogens with zero attached hydrogens (tertiary/aromatic N) is 2. The number of para-hydroxylation sites is 1. The normalized spacial score (nSPS) is 11.9. The molecule has 1 unspecified atom stereocenters. The Morgan fingerprint density at radius 2 is 1.74 bits per heavy atom. The van der Waals surface area contributed by atoms with E-state index in [0.29, 0.717) is 17.4 Å². The molecule has 2 aromatic carbocycles. The molecule has 27 heavy (non-hydrogen) atoms. The highest BCUT2D eigenvalue weighted by Gasteiger charge is 2.16. The number of hydrogen-bond donors (Lipinski definition) is 3. The zero-order valence-electron chi connectivity index (χ0n) is 14.4. The first-order valence-electron chi connectivity index (χ1n) is 8.42. The topological polar surface area (TPSA) is 85.5 Å². The predicted octanol–water partition coefficient (Wildman–Crippen LogP) is 3.26. The van der Waals surface area contributed by atoms with Gasteiger partial charge in [-0.15, -0.1) is 12.4 Å². The summed E-state index contributed by atoms with van der Waals surface area (Å²) in [4.78, 5) is 8.97. The molecule has 0 saturated heterocycles. The smallest absolute Gasteiger partial charge is 0.175 e. The van der Waals surface area contributed by atoms with Crippen LogP contribution in [0.3, 0.4) is 0 Å². The Bertz CT molecular complexity index is 1060. The number of aromatic nitrogens is 2. The minimum Gasteiger partial charge on any atom is -0.595 e. The van der Waals surface area contributed by atoms with E-state index in [2.05, 4.69) is 15.3 Å². The lowest BCUT2D eigenvalue weighted by Crippen LogP contribution is -2.99. The lowest BCUT2D eigenvalue weighted by Gasteiger charge is -2.18. The highest BCUT2D eigenvalue weighted by Crippen LogP contribution is 2.34. The van der Waals surface area contributed by atoms with Crippen molar-refractivity contribution in [2.75, 3.05) is 11.9 Å². The molecule has 2 aromatic heterocycles. The summed E-state index contributed by atoms with van der Waals surface area (Å²) in [6.45, 7) is 0.647. The first-order chi connectivity index (χ1) is 12.7. The van der Waals surface area contributed by atoms with Crippen LogP contribution >= 0.6 is 12.4 Å². The molecule has 3 N–H and O–H groups in total. The van der Waals surface area contributed by atoms with Gasteiger partial charge >= 0.3 is 0 Å². The van der Waals surface area contributed by atoms with Crippen LogP contribution in [0, 0.1) is 5.21 Å². The monoisotopic (exact) mass is 382 g/mol. The van der Waals surface area contributed by atoms with Gasteiger partial charge in [-0.2, -0.15) is 5.23 Å². The van der Waals surface area contributed by atoms with E-state index >= 15 is 0 Å². The lowest BCUT2D eigenvalue weighted by molar-refractivity contribution is -0.990. The summed E-state index contributed by atoms with van der Waals surface area (Å²) in [5.74, 6) is 0. The third-order valence-electron chi connectivity index (χ3n) is 4.35. The highest BCUT2D eigenvalue weighted by atomic mass is 35.5. The van der Waals surface area contributed by atoms with Crippen molar-refractivity contribution >= 4 is 45.6 Å². The maximum absolute atomic E-state index is 11.7. The fraction of sp³-hybridized carbons (Fsp3) is 0.100. The van der Waals surface area contributed by atoms with Crippen molar-refractivity contribution in [3.63, 3.8) is 0 Å². The summed E-state index contributed by atoms with van der Waals surface area (Å²) in [5, 5.41) is 25.4. The van der Waals surface area contributed by atoms with Crippen molar-refractivity contribution in [1.82, 2.24) is 9.97 Å². The van der Waals surface area contributed by atoms with Crippen LogP contribution in [0.15, 0.2) is 66.9 Å². The van der Waals surface area contributed by atoms with Crippen molar-refractivity contribution in [3.05, 3.63) is 77.8 Å². The van der Waals surface area contributed by atoms with Gasteiger partial charge in [0, 0.05) is 36.3 Å². The van der Waals surface area contributed by atoms with Crippen LogP contribution in [-0.2, 0) is 6.42 Å². The number of pyridine rings is 2. The van der Waals surface area contributed by atoms with Crippen molar-refractivity contribution in [1.29, 1.82) is 0 Å². The third kappa shape index (κ3) is 3.84. The van der Waals surface area contributed by atoms with E-state index in [9.17, 15) is 10.4 Å². The molecular formula is C20H19ClN4O2. The Labute approximate surface area is 162 Å². The number of quaternary nitrogens is 1. The van der Waals surface area contributed by atoms with E-state index in [1.54, 1.807) is 18.3 Å². The van der Waals surface area contributed by atoms with Crippen molar-refractivity contribution in [2.24, 2.45) is 0 Å². The molecule has 4 aromatic rings. The molecule has 0 fully saturated rings. The minimum absolute atomic E-state index is 0. The standard InChI is InChI=1S/C20H18N4O2.ClH/c25-24(26)18-10-5-9-17-19(18)20(15-7-1-2-8-16(15)23-17)22-13-11-14-6-3-4-12-21-14;/h1-10,12,24-25H,11,13H2,(H,22,23);1H. The van der Waals surface area contributed by atoms with Crippen LogP contribution in [0.2, 0.25) is 0 Å². The van der Waals surface area contributed by atoms with Crippen molar-refractivity contribution in [2.45, 2.75) is 6.42 Å². The third-order valence-corrected chi connectivity index (χ3v) is 4.35. The Morgan fingerprint density at radius 3 is 2.52 bits per heavy atom. The minimum atomic E-state index is -0.958. The Morgan fingerprint density at radius 1 is 0.963 bits per heavy atom. The van der Waals surface area contributed by atoms with Crippen LogP contribution in [0.25, 0.3) is 21.8 Å². The molecule has 2 heterocycles. The first-order valence-corrected chi connectivity index (χ1v) is 8.42. The summed E-state index contributed by atoms with van der Waals surface area (Å²) < 4.78 is 0. The predicted molar refractivity (Wildman–Crippen MR) is 109 cm³/mol. The van der Waals surface area contributed by atoms with Crippen LogP contribution in [0.4, 0.5) is 11.4 Å². The Kier molecular flexibility index (Phi) is 5.83. The molecule has 6 nitrogen and oxygen atoms in total. The second-order valence-electron chi connectivity index (χ2n) is 6.01. The summed E-state index contributed by atoms with van der Waals surface area (Å²) in [7, 11) is 0. The Hall–Kier alpha value is -2.77. The van der Waals surface area contributed by atoms with Crippen LogP contribution in [-0.4, -0.2) is 21.7 Å². The van der Waals surface area contributed by atoms with Gasteiger partial charge < -0.3 is 10.5 Å². The fourth-order valence-electron chi connectivity index (χ4n) is 3.17. The number of anilines is 1. The molecule has 0 aliphatic carbocycles. The molecule has 1 atom stereocenters. The molecule has 138 valence electrons.